The first-order valence-electron chi connectivity index (χ1n) is 7.70. The molecule has 2 N–H and O–H groups in total. The topological polar surface area (TPSA) is 84.3 Å². The molecule has 8 heteroatoms. The molecule has 0 amide bonds. The lowest BCUT2D eigenvalue weighted by molar-refractivity contribution is 0.492. The van der Waals surface area contributed by atoms with Gasteiger partial charge in [-0.3, -0.25) is 10.1 Å². The van der Waals surface area contributed by atoms with Gasteiger partial charge in [0, 0.05) is 12.7 Å². The lowest BCUT2D eigenvalue weighted by atomic mass is 10.2. The summed E-state index contributed by atoms with van der Waals surface area (Å²) in [5, 5.41) is 16.1. The van der Waals surface area contributed by atoms with Gasteiger partial charge in [-0.2, -0.15) is 10.2 Å². The van der Waals surface area contributed by atoms with Gasteiger partial charge in [-0.25, -0.2) is 9.67 Å². The summed E-state index contributed by atoms with van der Waals surface area (Å²) >= 11 is 6.28. The number of H-pyrrole nitrogens is 1. The van der Waals surface area contributed by atoms with Crippen molar-refractivity contribution >= 4 is 45.2 Å². The lowest BCUT2D eigenvalue weighted by Crippen LogP contribution is -2.06. The Morgan fingerprint density at radius 3 is 3.04 bits per heavy atom. The zero-order valence-electron chi connectivity index (χ0n) is 13.3. The van der Waals surface area contributed by atoms with E-state index in [-0.39, 0.29) is 0 Å². The molecule has 0 fully saturated rings. The van der Waals surface area contributed by atoms with Crippen molar-refractivity contribution < 1.29 is 0 Å². The molecular weight excluding hydrogens is 326 g/mol. The van der Waals surface area contributed by atoms with Crippen LogP contribution in [-0.2, 0) is 6.54 Å². The standard InChI is InChI=1S/C16H16ClN7/c1-9(2)8-24-16-11(14(17)23-24)6-10(7-19-16)20-15-13-12(21-22-15)4-3-5-18-13/h3-7,9H,8H2,1-2H3,(H2,20,21,22). The van der Waals surface area contributed by atoms with Crippen molar-refractivity contribution in [2.45, 2.75) is 20.4 Å². The van der Waals surface area contributed by atoms with Crippen molar-refractivity contribution in [1.82, 2.24) is 29.9 Å². The first kappa shape index (κ1) is 14.9. The fourth-order valence-corrected chi connectivity index (χ4v) is 2.87. The normalized spacial score (nSPS) is 11.7. The van der Waals surface area contributed by atoms with Crippen molar-refractivity contribution in [1.29, 1.82) is 0 Å². The molecule has 0 radical (unpaired) electrons. The van der Waals surface area contributed by atoms with E-state index in [9.17, 15) is 0 Å². The Hall–Kier alpha value is -2.67. The maximum Gasteiger partial charge on any atom is 0.178 e. The van der Waals surface area contributed by atoms with Crippen molar-refractivity contribution in [3.8, 4) is 0 Å². The smallest absolute Gasteiger partial charge is 0.178 e. The minimum atomic E-state index is 0.451. The molecule has 24 heavy (non-hydrogen) atoms. The summed E-state index contributed by atoms with van der Waals surface area (Å²) in [5.41, 5.74) is 3.22. The van der Waals surface area contributed by atoms with E-state index in [1.165, 1.54) is 0 Å². The van der Waals surface area contributed by atoms with E-state index in [1.807, 2.05) is 22.9 Å². The minimum Gasteiger partial charge on any atom is -0.336 e. The van der Waals surface area contributed by atoms with Gasteiger partial charge in [0.05, 0.1) is 22.8 Å². The Labute approximate surface area is 143 Å². The lowest BCUT2D eigenvalue weighted by Gasteiger charge is -2.06. The Kier molecular flexibility index (Phi) is 3.57. The van der Waals surface area contributed by atoms with Gasteiger partial charge < -0.3 is 5.32 Å². The molecule has 4 rings (SSSR count). The first-order valence-corrected chi connectivity index (χ1v) is 8.08. The zero-order chi connectivity index (χ0) is 16.7. The maximum atomic E-state index is 6.28. The van der Waals surface area contributed by atoms with Gasteiger partial charge in [-0.15, -0.1) is 0 Å². The number of fused-ring (bicyclic) bond motifs is 2. The average Bonchev–Trinajstić information content (AvgIpc) is 3.09. The van der Waals surface area contributed by atoms with E-state index in [0.717, 1.165) is 34.3 Å². The van der Waals surface area contributed by atoms with E-state index in [1.54, 1.807) is 12.4 Å². The number of aromatic amines is 1. The van der Waals surface area contributed by atoms with Gasteiger partial charge in [-0.05, 0) is 24.1 Å². The number of nitrogens with zero attached hydrogens (tertiary/aromatic N) is 5. The number of nitrogens with one attached hydrogen (secondary N) is 2. The van der Waals surface area contributed by atoms with E-state index >= 15 is 0 Å². The minimum absolute atomic E-state index is 0.451. The third kappa shape index (κ3) is 2.56. The van der Waals surface area contributed by atoms with Crippen molar-refractivity contribution in [2.24, 2.45) is 5.92 Å². The molecule has 0 spiro atoms. The number of pyridine rings is 2. The van der Waals surface area contributed by atoms with Crippen molar-refractivity contribution in [3.63, 3.8) is 0 Å². The van der Waals surface area contributed by atoms with Gasteiger partial charge >= 0.3 is 0 Å². The molecular formula is C16H16ClN7. The molecule has 0 atom stereocenters. The Bertz CT molecular complexity index is 1020. The summed E-state index contributed by atoms with van der Waals surface area (Å²) in [5.74, 6) is 1.11. The molecule has 0 aromatic carbocycles. The predicted molar refractivity (Wildman–Crippen MR) is 94.5 cm³/mol. The fraction of sp³-hybridized carbons (Fsp3) is 0.250. The van der Waals surface area contributed by atoms with E-state index in [2.05, 4.69) is 44.4 Å². The summed E-state index contributed by atoms with van der Waals surface area (Å²) in [6.07, 6.45) is 3.48. The largest absolute Gasteiger partial charge is 0.336 e. The molecule has 0 aliphatic heterocycles. The molecule has 0 unspecified atom stereocenters. The highest BCUT2D eigenvalue weighted by atomic mass is 35.5. The number of rotatable bonds is 4. The number of anilines is 2. The number of hydrogen-bond donors (Lipinski definition) is 2. The molecule has 0 bridgehead atoms. The number of halogens is 1. The van der Waals surface area contributed by atoms with E-state index in [0.29, 0.717) is 16.9 Å². The number of aromatic nitrogens is 6. The monoisotopic (exact) mass is 341 g/mol. The quantitative estimate of drug-likeness (QED) is 0.590. The second-order valence-electron chi connectivity index (χ2n) is 6.06. The van der Waals surface area contributed by atoms with Crippen LogP contribution in [0.2, 0.25) is 5.15 Å². The highest BCUT2D eigenvalue weighted by Crippen LogP contribution is 2.27. The SMILES string of the molecule is CC(C)Cn1nc(Cl)c2cc(Nc3n[nH]c4cccnc34)cnc21. The number of hydrogen-bond acceptors (Lipinski definition) is 5. The Morgan fingerprint density at radius 1 is 1.33 bits per heavy atom. The highest BCUT2D eigenvalue weighted by Gasteiger charge is 2.13. The third-order valence-corrected chi connectivity index (χ3v) is 3.94. The third-order valence-electron chi connectivity index (χ3n) is 3.66. The Morgan fingerprint density at radius 2 is 2.21 bits per heavy atom. The predicted octanol–water partition coefficient (Wildman–Crippen LogP) is 3.76. The molecule has 4 aromatic rings. The molecule has 0 saturated heterocycles. The molecule has 0 saturated carbocycles. The van der Waals surface area contributed by atoms with Crippen LogP contribution < -0.4 is 5.32 Å². The maximum absolute atomic E-state index is 6.28. The van der Waals surface area contributed by atoms with Gasteiger partial charge in [-0.1, -0.05) is 25.4 Å². The van der Waals surface area contributed by atoms with Gasteiger partial charge in [0.15, 0.2) is 16.6 Å². The van der Waals surface area contributed by atoms with Crippen LogP contribution in [0, 0.1) is 5.92 Å². The summed E-state index contributed by atoms with van der Waals surface area (Å²) in [7, 11) is 0. The van der Waals surface area contributed by atoms with Crippen LogP contribution in [0.15, 0.2) is 30.6 Å². The van der Waals surface area contributed by atoms with Crippen LogP contribution in [0.5, 0.6) is 0 Å². The summed E-state index contributed by atoms with van der Waals surface area (Å²) in [4.78, 5) is 8.85. The summed E-state index contributed by atoms with van der Waals surface area (Å²) < 4.78 is 1.84. The van der Waals surface area contributed by atoms with Gasteiger partial charge in [0.1, 0.15) is 5.52 Å². The molecule has 122 valence electrons. The van der Waals surface area contributed by atoms with Crippen LogP contribution in [0.3, 0.4) is 0 Å². The molecule has 7 nitrogen and oxygen atoms in total. The average molecular weight is 342 g/mol. The highest BCUT2D eigenvalue weighted by molar-refractivity contribution is 6.34. The van der Waals surface area contributed by atoms with E-state index < -0.39 is 0 Å². The van der Waals surface area contributed by atoms with Crippen molar-refractivity contribution in [2.75, 3.05) is 5.32 Å². The van der Waals surface area contributed by atoms with Gasteiger partial charge in [0.2, 0.25) is 0 Å². The Balaban J connectivity index is 1.71. The van der Waals surface area contributed by atoms with Crippen molar-refractivity contribution in [3.05, 3.63) is 35.7 Å². The molecule has 0 aliphatic rings. The first-order chi connectivity index (χ1) is 11.6. The molecule has 4 aromatic heterocycles. The van der Waals surface area contributed by atoms with Gasteiger partial charge in [0.25, 0.3) is 0 Å². The van der Waals surface area contributed by atoms with Crippen LogP contribution in [0.4, 0.5) is 11.5 Å². The van der Waals surface area contributed by atoms with Crippen LogP contribution in [-0.4, -0.2) is 29.9 Å². The summed E-state index contributed by atoms with van der Waals surface area (Å²) in [6, 6.07) is 5.72. The van der Waals surface area contributed by atoms with Crippen LogP contribution in [0.25, 0.3) is 22.1 Å². The molecule has 4 heterocycles. The van der Waals surface area contributed by atoms with Crippen LogP contribution >= 0.6 is 11.6 Å². The van der Waals surface area contributed by atoms with Crippen LogP contribution in [0.1, 0.15) is 13.8 Å². The fourth-order valence-electron chi connectivity index (χ4n) is 2.64. The second kappa shape index (κ2) is 5.76. The molecule has 0 aliphatic carbocycles. The second-order valence-corrected chi connectivity index (χ2v) is 6.42. The summed E-state index contributed by atoms with van der Waals surface area (Å²) in [6.45, 7) is 5.04. The van der Waals surface area contributed by atoms with E-state index in [4.69, 9.17) is 11.6 Å². The zero-order valence-corrected chi connectivity index (χ0v) is 14.0.